The molecule has 154 valence electrons. The predicted octanol–water partition coefficient (Wildman–Crippen LogP) is 1.77. The van der Waals surface area contributed by atoms with Crippen LogP contribution in [0, 0.1) is 0 Å². The molecule has 4 aliphatic rings. The number of halogens is 2. The van der Waals surface area contributed by atoms with E-state index in [1.54, 1.807) is 8.72 Å². The van der Waals surface area contributed by atoms with E-state index in [1.807, 2.05) is 24.2 Å². The van der Waals surface area contributed by atoms with Crippen molar-refractivity contribution >= 4 is 38.7 Å². The number of Topliss-reactive ketones (excluding diaryl/α,β-unsaturated/α-hetero) is 1. The van der Waals surface area contributed by atoms with Crippen LogP contribution in [0.25, 0.3) is 0 Å². The van der Waals surface area contributed by atoms with E-state index in [9.17, 15) is 13.4 Å². The fraction of sp³-hybridized carbons (Fsp3) is 0.667. The molecule has 0 bridgehead atoms. The van der Waals surface area contributed by atoms with Crippen LogP contribution in [-0.4, -0.2) is 86.3 Å². The molecule has 3 atom stereocenters. The standard InChI is InChI=1S/C18H25BrFN5O2S/c1-22-8-13(7-14(19)10-22)9-24-21-18-4-2-3-16(25(18)28(24)27)17(26)12-23-6-5-15(20)11-23/h7,10,15-16H,2-6,8-9,11-12H2,1H3/t15-,16-,28?/m0/s1. The second kappa shape index (κ2) is 8.23. The summed E-state index contributed by atoms with van der Waals surface area (Å²) >= 11 is 1.99. The highest BCUT2D eigenvalue weighted by Crippen LogP contribution is 2.30. The zero-order chi connectivity index (χ0) is 19.8. The molecule has 0 aromatic rings. The Morgan fingerprint density at radius 1 is 1.43 bits per heavy atom. The number of hydrogen-bond donors (Lipinski definition) is 0. The summed E-state index contributed by atoms with van der Waals surface area (Å²) in [5, 5.41) is 4.57. The third kappa shape index (κ3) is 4.18. The molecular formula is C18H25BrFN5O2S. The Morgan fingerprint density at radius 3 is 2.96 bits per heavy atom. The fourth-order valence-corrected chi connectivity index (χ4v) is 6.25. The molecule has 0 aromatic carbocycles. The van der Waals surface area contributed by atoms with Gasteiger partial charge >= 0.3 is 0 Å². The maximum Gasteiger partial charge on any atom is 0.244 e. The Bertz CT molecular complexity index is 773. The van der Waals surface area contributed by atoms with E-state index in [0.717, 1.165) is 35.3 Å². The van der Waals surface area contributed by atoms with Crippen LogP contribution in [0.2, 0.25) is 0 Å². The first kappa shape index (κ1) is 20.0. The third-order valence-electron chi connectivity index (χ3n) is 5.43. The van der Waals surface area contributed by atoms with E-state index >= 15 is 0 Å². The zero-order valence-corrected chi connectivity index (χ0v) is 18.3. The maximum absolute atomic E-state index is 13.4. The lowest BCUT2D eigenvalue weighted by molar-refractivity contribution is -0.123. The number of likely N-dealkylation sites (tertiary alicyclic amines) is 1. The van der Waals surface area contributed by atoms with E-state index in [2.05, 4.69) is 25.9 Å². The number of fused-ring (bicyclic) bond motifs is 1. The summed E-state index contributed by atoms with van der Waals surface area (Å²) in [4.78, 5) is 16.8. The number of ketones is 1. The smallest absolute Gasteiger partial charge is 0.244 e. The van der Waals surface area contributed by atoms with Crippen molar-refractivity contribution in [1.82, 2.24) is 18.5 Å². The van der Waals surface area contributed by atoms with Crippen LogP contribution < -0.4 is 0 Å². The molecule has 2 fully saturated rings. The monoisotopic (exact) mass is 473 g/mol. The lowest BCUT2D eigenvalue weighted by Crippen LogP contribution is -2.50. The second-order valence-corrected chi connectivity index (χ2v) is 10.0. The summed E-state index contributed by atoms with van der Waals surface area (Å²) in [5.74, 6) is 0.742. The summed E-state index contributed by atoms with van der Waals surface area (Å²) in [6.45, 7) is 2.35. The average Bonchev–Trinajstić information content (AvgIpc) is 3.17. The minimum Gasteiger partial charge on any atom is -0.375 e. The molecule has 1 unspecified atom stereocenters. The van der Waals surface area contributed by atoms with Crippen LogP contribution >= 0.6 is 15.9 Å². The highest BCUT2D eigenvalue weighted by atomic mass is 79.9. The first-order valence-electron chi connectivity index (χ1n) is 9.63. The molecule has 10 heteroatoms. The van der Waals surface area contributed by atoms with Gasteiger partial charge in [-0.2, -0.15) is 4.41 Å². The molecule has 28 heavy (non-hydrogen) atoms. The molecule has 4 rings (SSSR count). The van der Waals surface area contributed by atoms with Gasteiger partial charge in [0, 0.05) is 43.8 Å². The van der Waals surface area contributed by atoms with E-state index in [4.69, 9.17) is 0 Å². The largest absolute Gasteiger partial charge is 0.375 e. The topological polar surface area (TPSA) is 59.5 Å². The first-order chi connectivity index (χ1) is 13.4. The summed E-state index contributed by atoms with van der Waals surface area (Å²) in [6.07, 6.45) is 5.91. The highest BCUT2D eigenvalue weighted by molar-refractivity contribution is 9.11. The van der Waals surface area contributed by atoms with Gasteiger partial charge in [-0.25, -0.2) is 12.9 Å². The van der Waals surface area contributed by atoms with Gasteiger partial charge in [0.05, 0.1) is 13.1 Å². The number of carbonyl (C=O) groups excluding carboxylic acids is 1. The van der Waals surface area contributed by atoms with Crippen LogP contribution in [0.1, 0.15) is 25.7 Å². The van der Waals surface area contributed by atoms with E-state index < -0.39 is 23.4 Å². The quantitative estimate of drug-likeness (QED) is 0.610. The highest BCUT2D eigenvalue weighted by Gasteiger charge is 2.42. The number of piperidine rings is 1. The first-order valence-corrected chi connectivity index (χ1v) is 11.5. The van der Waals surface area contributed by atoms with Gasteiger partial charge in [-0.1, -0.05) is 0 Å². The molecule has 4 heterocycles. The van der Waals surface area contributed by atoms with Crippen LogP contribution in [-0.2, 0) is 16.0 Å². The summed E-state index contributed by atoms with van der Waals surface area (Å²) in [7, 11) is 1.99. The molecule has 0 amide bonds. The zero-order valence-electron chi connectivity index (χ0n) is 15.9. The van der Waals surface area contributed by atoms with E-state index in [-0.39, 0.29) is 12.3 Å². The molecule has 0 spiro atoms. The molecule has 0 radical (unpaired) electrons. The van der Waals surface area contributed by atoms with Crippen LogP contribution in [0.3, 0.4) is 0 Å². The fourth-order valence-electron chi connectivity index (χ4n) is 4.18. The summed E-state index contributed by atoms with van der Waals surface area (Å²) in [6, 6.07) is -0.438. The molecule has 4 aliphatic heterocycles. The molecule has 0 saturated carbocycles. The maximum atomic E-state index is 13.4. The van der Waals surface area contributed by atoms with Crippen LogP contribution in [0.15, 0.2) is 27.4 Å². The van der Waals surface area contributed by atoms with Crippen molar-refractivity contribution in [3.05, 3.63) is 22.3 Å². The number of allylic oxidation sites excluding steroid dienone is 2. The van der Waals surface area contributed by atoms with Gasteiger partial charge in [0.2, 0.25) is 11.2 Å². The van der Waals surface area contributed by atoms with Gasteiger partial charge < -0.3 is 4.90 Å². The number of hydrazone groups is 1. The Hall–Kier alpha value is -1.26. The van der Waals surface area contributed by atoms with Crippen molar-refractivity contribution in [2.75, 3.05) is 39.8 Å². The van der Waals surface area contributed by atoms with Crippen molar-refractivity contribution in [3.8, 4) is 0 Å². The minimum absolute atomic E-state index is 0.0130. The number of alkyl halides is 1. The number of nitrogens with zero attached hydrogens (tertiary/aromatic N) is 5. The van der Waals surface area contributed by atoms with Gasteiger partial charge in [-0.3, -0.25) is 9.69 Å². The second-order valence-electron chi connectivity index (χ2n) is 7.81. The Balaban J connectivity index is 1.44. The van der Waals surface area contributed by atoms with Gasteiger partial charge in [0.15, 0.2) is 5.78 Å². The van der Waals surface area contributed by atoms with Gasteiger partial charge in [-0.05, 0) is 46.8 Å². The number of likely N-dealkylation sites (N-methyl/N-ethyl adjacent to an activating group) is 1. The van der Waals surface area contributed by atoms with Gasteiger partial charge in [0.1, 0.15) is 18.0 Å². The predicted molar refractivity (Wildman–Crippen MR) is 110 cm³/mol. The van der Waals surface area contributed by atoms with Crippen LogP contribution in [0.4, 0.5) is 4.39 Å². The molecule has 0 aliphatic carbocycles. The van der Waals surface area contributed by atoms with Gasteiger partial charge in [0.25, 0.3) is 0 Å². The average molecular weight is 474 g/mol. The Kier molecular flexibility index (Phi) is 5.89. The number of rotatable bonds is 5. The van der Waals surface area contributed by atoms with Crippen molar-refractivity contribution in [2.45, 2.75) is 37.9 Å². The van der Waals surface area contributed by atoms with E-state index in [1.165, 1.54) is 0 Å². The molecule has 0 N–H and O–H groups in total. The molecular weight excluding hydrogens is 449 g/mol. The summed E-state index contributed by atoms with van der Waals surface area (Å²) in [5.41, 5.74) is 1.10. The van der Waals surface area contributed by atoms with E-state index in [0.29, 0.717) is 32.5 Å². The minimum atomic E-state index is -1.51. The molecule has 7 nitrogen and oxygen atoms in total. The Morgan fingerprint density at radius 2 is 2.25 bits per heavy atom. The third-order valence-corrected chi connectivity index (χ3v) is 7.24. The van der Waals surface area contributed by atoms with Crippen LogP contribution in [0.5, 0.6) is 0 Å². The SMILES string of the molecule is CN1C=C(Br)C=C(CN2N=C3CCC[C@@H](C(=O)CN4CC[C@H](F)C4)N3S2=O)C1. The normalized spacial score (nSPS) is 30.9. The van der Waals surface area contributed by atoms with Crippen molar-refractivity contribution in [3.63, 3.8) is 0 Å². The Labute approximate surface area is 175 Å². The molecule has 2 saturated heterocycles. The number of carbonyl (C=O) groups is 1. The van der Waals surface area contributed by atoms with Crippen molar-refractivity contribution in [2.24, 2.45) is 5.10 Å². The van der Waals surface area contributed by atoms with Crippen molar-refractivity contribution in [1.29, 1.82) is 0 Å². The van der Waals surface area contributed by atoms with Crippen molar-refractivity contribution < 1.29 is 13.4 Å². The number of amidine groups is 1. The number of hydrogen-bond acceptors (Lipinski definition) is 5. The van der Waals surface area contributed by atoms with Gasteiger partial charge in [-0.15, -0.1) is 5.10 Å². The summed E-state index contributed by atoms with van der Waals surface area (Å²) < 4.78 is 30.8. The molecule has 0 aromatic heterocycles. The lowest BCUT2D eigenvalue weighted by Gasteiger charge is -2.32. The lowest BCUT2D eigenvalue weighted by atomic mass is 10.00.